The second kappa shape index (κ2) is 7.10. The molecule has 0 aliphatic rings. The molecule has 0 fully saturated rings. The zero-order chi connectivity index (χ0) is 16.9. The quantitative estimate of drug-likeness (QED) is 0.739. The first-order valence-corrected chi connectivity index (χ1v) is 8.22. The molecule has 5 heteroatoms. The van der Waals surface area contributed by atoms with E-state index in [0.717, 1.165) is 22.0 Å². The summed E-state index contributed by atoms with van der Waals surface area (Å²) in [5.41, 5.74) is 1.88. The Bertz CT molecular complexity index is 872. The van der Waals surface area contributed by atoms with E-state index in [1.165, 1.54) is 11.3 Å². The number of rotatable bonds is 5. The predicted molar refractivity (Wildman–Crippen MR) is 98.4 cm³/mol. The largest absolute Gasteiger partial charge is 0.477 e. The van der Waals surface area contributed by atoms with E-state index in [9.17, 15) is 4.79 Å². The summed E-state index contributed by atoms with van der Waals surface area (Å²) in [7, 11) is 1.93. The van der Waals surface area contributed by atoms with Crippen LogP contribution in [-0.2, 0) is 0 Å². The van der Waals surface area contributed by atoms with Gasteiger partial charge < -0.3 is 10.0 Å². The van der Waals surface area contributed by atoms with Crippen LogP contribution < -0.4 is 4.90 Å². The van der Waals surface area contributed by atoms with Gasteiger partial charge in [0.25, 0.3) is 0 Å². The molecule has 2 heterocycles. The Kier molecular flexibility index (Phi) is 4.72. The molecule has 0 saturated carbocycles. The van der Waals surface area contributed by atoms with Crippen LogP contribution in [0.15, 0.2) is 66.9 Å². The second-order valence-corrected chi connectivity index (χ2v) is 6.27. The number of pyridine rings is 1. The maximum Gasteiger partial charge on any atom is 0.345 e. The molecule has 0 spiro atoms. The summed E-state index contributed by atoms with van der Waals surface area (Å²) in [4.78, 5) is 18.7. The molecule has 4 nitrogen and oxygen atoms in total. The van der Waals surface area contributed by atoms with Crippen molar-refractivity contribution in [2.75, 3.05) is 11.9 Å². The molecule has 0 aliphatic carbocycles. The van der Waals surface area contributed by atoms with E-state index in [2.05, 4.69) is 4.98 Å². The summed E-state index contributed by atoms with van der Waals surface area (Å²) in [5.74, 6) is -0.115. The lowest BCUT2D eigenvalue weighted by atomic mass is 10.2. The number of aromatic carboxylic acids is 1. The van der Waals surface area contributed by atoms with Crippen molar-refractivity contribution in [3.05, 3.63) is 77.3 Å². The van der Waals surface area contributed by atoms with Crippen molar-refractivity contribution in [1.29, 1.82) is 0 Å². The van der Waals surface area contributed by atoms with Gasteiger partial charge in [-0.3, -0.25) is 0 Å². The Morgan fingerprint density at radius 3 is 2.58 bits per heavy atom. The average molecular weight is 336 g/mol. The van der Waals surface area contributed by atoms with Gasteiger partial charge in [0.15, 0.2) is 0 Å². The van der Waals surface area contributed by atoms with Gasteiger partial charge in [-0.15, -0.1) is 11.3 Å². The Labute approximate surface area is 144 Å². The van der Waals surface area contributed by atoms with Crippen LogP contribution in [-0.4, -0.2) is 23.1 Å². The van der Waals surface area contributed by atoms with Gasteiger partial charge in [-0.1, -0.05) is 36.4 Å². The Balaban J connectivity index is 1.81. The number of hydrogen-bond acceptors (Lipinski definition) is 4. The number of hydrogen-bond donors (Lipinski definition) is 1. The number of carboxylic acids is 1. The molecule has 2 aromatic heterocycles. The average Bonchev–Trinajstić information content (AvgIpc) is 3.11. The minimum Gasteiger partial charge on any atom is -0.477 e. The van der Waals surface area contributed by atoms with Crippen molar-refractivity contribution in [1.82, 2.24) is 4.98 Å². The van der Waals surface area contributed by atoms with E-state index in [-0.39, 0.29) is 0 Å². The summed E-state index contributed by atoms with van der Waals surface area (Å²) in [6, 6.07) is 19.2. The summed E-state index contributed by atoms with van der Waals surface area (Å²) < 4.78 is 0. The first-order valence-electron chi connectivity index (χ1n) is 7.40. The van der Waals surface area contributed by atoms with Crippen LogP contribution in [0.3, 0.4) is 0 Å². The van der Waals surface area contributed by atoms with Crippen molar-refractivity contribution in [3.63, 3.8) is 0 Å². The second-order valence-electron chi connectivity index (χ2n) is 5.19. The van der Waals surface area contributed by atoms with Crippen molar-refractivity contribution in [3.8, 4) is 10.6 Å². The van der Waals surface area contributed by atoms with Gasteiger partial charge in [-0.2, -0.15) is 0 Å². The lowest BCUT2D eigenvalue weighted by Gasteiger charge is -2.13. The third-order valence-electron chi connectivity index (χ3n) is 3.46. The van der Waals surface area contributed by atoms with E-state index in [0.29, 0.717) is 4.88 Å². The van der Waals surface area contributed by atoms with Gasteiger partial charge in [0, 0.05) is 13.2 Å². The molecule has 0 radical (unpaired) electrons. The van der Waals surface area contributed by atoms with Crippen LogP contribution in [0, 0.1) is 0 Å². The van der Waals surface area contributed by atoms with Crippen LogP contribution in [0.5, 0.6) is 0 Å². The molecule has 1 aromatic carbocycles. The standard InChI is InChI=1S/C19H16N2O2S/c1-21(13-12-14-6-3-2-4-7-14)18-9-5-8-15(20-18)16-10-11-17(24-16)19(22)23/h2-13H,1H3,(H,22,23). The first-order chi connectivity index (χ1) is 11.6. The highest BCUT2D eigenvalue weighted by Crippen LogP contribution is 2.28. The zero-order valence-electron chi connectivity index (χ0n) is 13.1. The van der Waals surface area contributed by atoms with Gasteiger partial charge in [0.05, 0.1) is 10.6 Å². The molecule has 0 atom stereocenters. The summed E-state index contributed by atoms with van der Waals surface area (Å²) >= 11 is 1.23. The molecule has 1 N–H and O–H groups in total. The van der Waals surface area contributed by atoms with Gasteiger partial charge in [-0.05, 0) is 35.9 Å². The highest BCUT2D eigenvalue weighted by molar-refractivity contribution is 7.17. The Morgan fingerprint density at radius 1 is 1.08 bits per heavy atom. The smallest absolute Gasteiger partial charge is 0.345 e. The topological polar surface area (TPSA) is 53.4 Å². The van der Waals surface area contributed by atoms with E-state index < -0.39 is 5.97 Å². The molecule has 0 aliphatic heterocycles. The highest BCUT2D eigenvalue weighted by atomic mass is 32.1. The minimum absolute atomic E-state index is 0.314. The SMILES string of the molecule is CN(C=Cc1ccccc1)c1cccc(-c2ccc(C(=O)O)s2)n1. The third kappa shape index (κ3) is 3.70. The minimum atomic E-state index is -0.912. The Morgan fingerprint density at radius 2 is 1.88 bits per heavy atom. The van der Waals surface area contributed by atoms with E-state index in [4.69, 9.17) is 5.11 Å². The molecular formula is C19H16N2O2S. The fourth-order valence-electron chi connectivity index (χ4n) is 2.19. The monoisotopic (exact) mass is 336 g/mol. The highest BCUT2D eigenvalue weighted by Gasteiger charge is 2.10. The van der Waals surface area contributed by atoms with E-state index in [1.54, 1.807) is 12.1 Å². The van der Waals surface area contributed by atoms with Crippen molar-refractivity contribution >= 4 is 29.2 Å². The molecular weight excluding hydrogens is 320 g/mol. The molecule has 0 amide bonds. The fourth-order valence-corrected chi connectivity index (χ4v) is 3.00. The number of thiophene rings is 1. The van der Waals surface area contributed by atoms with Crippen LogP contribution in [0.4, 0.5) is 5.82 Å². The molecule has 24 heavy (non-hydrogen) atoms. The number of anilines is 1. The zero-order valence-corrected chi connectivity index (χ0v) is 13.9. The lowest BCUT2D eigenvalue weighted by molar-refractivity contribution is 0.0702. The molecule has 0 bridgehead atoms. The maximum absolute atomic E-state index is 11.0. The van der Waals surface area contributed by atoms with Crippen LogP contribution >= 0.6 is 11.3 Å². The van der Waals surface area contributed by atoms with Gasteiger partial charge in [0.1, 0.15) is 10.7 Å². The Hall–Kier alpha value is -2.92. The molecule has 0 unspecified atom stereocenters. The van der Waals surface area contributed by atoms with Crippen molar-refractivity contribution < 1.29 is 9.90 Å². The number of aromatic nitrogens is 1. The predicted octanol–water partition coefficient (Wildman–Crippen LogP) is 4.62. The maximum atomic E-state index is 11.0. The molecule has 120 valence electrons. The normalized spacial score (nSPS) is 10.9. The molecule has 0 saturated heterocycles. The third-order valence-corrected chi connectivity index (χ3v) is 4.55. The van der Waals surface area contributed by atoms with Crippen LogP contribution in [0.1, 0.15) is 15.2 Å². The lowest BCUT2D eigenvalue weighted by Crippen LogP contribution is -2.09. The van der Waals surface area contributed by atoms with E-state index in [1.807, 2.05) is 72.8 Å². The van der Waals surface area contributed by atoms with E-state index >= 15 is 0 Å². The number of nitrogens with zero attached hydrogens (tertiary/aromatic N) is 2. The fraction of sp³-hybridized carbons (Fsp3) is 0.0526. The summed E-state index contributed by atoms with van der Waals surface area (Å²) in [6.07, 6.45) is 3.97. The number of benzene rings is 1. The summed E-state index contributed by atoms with van der Waals surface area (Å²) in [6.45, 7) is 0. The van der Waals surface area contributed by atoms with Crippen LogP contribution in [0.2, 0.25) is 0 Å². The van der Waals surface area contributed by atoms with Crippen molar-refractivity contribution in [2.24, 2.45) is 0 Å². The van der Waals surface area contributed by atoms with Gasteiger partial charge in [0.2, 0.25) is 0 Å². The van der Waals surface area contributed by atoms with Crippen molar-refractivity contribution in [2.45, 2.75) is 0 Å². The molecule has 3 rings (SSSR count). The number of carboxylic acid groups (broad SMARTS) is 1. The molecule has 3 aromatic rings. The van der Waals surface area contributed by atoms with Gasteiger partial charge >= 0.3 is 5.97 Å². The van der Waals surface area contributed by atoms with Gasteiger partial charge in [-0.25, -0.2) is 9.78 Å². The first kappa shape index (κ1) is 16.0. The van der Waals surface area contributed by atoms with Crippen LogP contribution in [0.25, 0.3) is 16.6 Å². The number of carbonyl (C=O) groups is 1. The summed E-state index contributed by atoms with van der Waals surface area (Å²) in [5, 5.41) is 9.04.